The second-order valence-electron chi connectivity index (χ2n) is 5.79. The second kappa shape index (κ2) is 5.29. The Balaban J connectivity index is 1.88. The molecule has 0 bridgehead atoms. The molecule has 1 aromatic carbocycles. The largest absolute Gasteiger partial charge is 0.367 e. The maximum Gasteiger partial charge on any atom is 0.146 e. The molecule has 1 saturated carbocycles. The number of rotatable bonds is 1. The van der Waals surface area contributed by atoms with E-state index in [-0.39, 0.29) is 11.4 Å². The quantitative estimate of drug-likeness (QED) is 0.847. The molecule has 1 heterocycles. The maximum atomic E-state index is 14.0. The third kappa shape index (κ3) is 2.72. The van der Waals surface area contributed by atoms with E-state index in [1.54, 1.807) is 12.1 Å². The third-order valence-electron chi connectivity index (χ3n) is 4.41. The molecule has 0 unspecified atom stereocenters. The molecule has 2 nitrogen and oxygen atoms in total. The first-order chi connectivity index (χ1) is 9.19. The second-order valence-corrected chi connectivity index (χ2v) is 6.22. The minimum Gasteiger partial charge on any atom is -0.367 e. The van der Waals surface area contributed by atoms with Gasteiger partial charge in [0, 0.05) is 23.7 Å². The highest BCUT2D eigenvalue weighted by atomic mass is 35.5. The van der Waals surface area contributed by atoms with Gasteiger partial charge in [0.2, 0.25) is 0 Å². The SMILES string of the molecule is Fc1ccc(Cl)cc1N1CCCNC2(CCCC2)C1. The van der Waals surface area contributed by atoms with Gasteiger partial charge in [-0.2, -0.15) is 0 Å². The van der Waals surface area contributed by atoms with Gasteiger partial charge < -0.3 is 10.2 Å². The van der Waals surface area contributed by atoms with E-state index in [2.05, 4.69) is 10.2 Å². The van der Waals surface area contributed by atoms with Crippen molar-refractivity contribution in [1.29, 1.82) is 0 Å². The summed E-state index contributed by atoms with van der Waals surface area (Å²) in [5.74, 6) is -0.167. The van der Waals surface area contributed by atoms with Crippen LogP contribution >= 0.6 is 11.6 Å². The van der Waals surface area contributed by atoms with Gasteiger partial charge in [0.1, 0.15) is 5.82 Å². The number of halogens is 2. The van der Waals surface area contributed by atoms with Crippen LogP contribution in [0.1, 0.15) is 32.1 Å². The fraction of sp³-hybridized carbons (Fsp3) is 0.600. The third-order valence-corrected chi connectivity index (χ3v) is 4.64. The lowest BCUT2D eigenvalue weighted by Gasteiger charge is -2.34. The predicted molar refractivity (Wildman–Crippen MR) is 77.4 cm³/mol. The molecule has 1 aromatic rings. The van der Waals surface area contributed by atoms with E-state index in [1.165, 1.54) is 31.7 Å². The van der Waals surface area contributed by atoms with Crippen LogP contribution in [0.5, 0.6) is 0 Å². The number of hydrogen-bond acceptors (Lipinski definition) is 2. The Bertz CT molecular complexity index is 457. The van der Waals surface area contributed by atoms with E-state index in [4.69, 9.17) is 11.6 Å². The van der Waals surface area contributed by atoms with Gasteiger partial charge in [-0.05, 0) is 44.0 Å². The van der Waals surface area contributed by atoms with Crippen molar-refractivity contribution in [2.45, 2.75) is 37.6 Å². The fourth-order valence-corrected chi connectivity index (χ4v) is 3.61. The number of hydrogen-bond donors (Lipinski definition) is 1. The molecule has 1 spiro atoms. The van der Waals surface area contributed by atoms with Gasteiger partial charge in [-0.3, -0.25) is 0 Å². The molecule has 0 amide bonds. The summed E-state index contributed by atoms with van der Waals surface area (Å²) in [7, 11) is 0. The van der Waals surface area contributed by atoms with Crippen molar-refractivity contribution in [2.75, 3.05) is 24.5 Å². The zero-order chi connectivity index (χ0) is 13.3. The fourth-order valence-electron chi connectivity index (χ4n) is 3.44. The zero-order valence-electron chi connectivity index (χ0n) is 11.1. The van der Waals surface area contributed by atoms with Crippen molar-refractivity contribution < 1.29 is 4.39 Å². The van der Waals surface area contributed by atoms with Crippen molar-refractivity contribution in [3.05, 3.63) is 29.0 Å². The normalized spacial score (nSPS) is 22.7. The summed E-state index contributed by atoms with van der Waals surface area (Å²) in [5, 5.41) is 4.30. The van der Waals surface area contributed by atoms with Crippen LogP contribution in [0.25, 0.3) is 0 Å². The molecular weight excluding hydrogens is 263 g/mol. The molecule has 2 fully saturated rings. The lowest BCUT2D eigenvalue weighted by Crippen LogP contribution is -2.49. The average Bonchev–Trinajstić information content (AvgIpc) is 2.74. The number of nitrogens with zero attached hydrogens (tertiary/aromatic N) is 1. The smallest absolute Gasteiger partial charge is 0.146 e. The lowest BCUT2D eigenvalue weighted by atomic mass is 9.97. The van der Waals surface area contributed by atoms with Crippen LogP contribution in [0.3, 0.4) is 0 Å². The predicted octanol–water partition coefficient (Wildman–Crippen LogP) is 3.59. The van der Waals surface area contributed by atoms with Gasteiger partial charge in [-0.1, -0.05) is 24.4 Å². The van der Waals surface area contributed by atoms with Gasteiger partial charge in [-0.25, -0.2) is 4.39 Å². The molecule has 1 aliphatic carbocycles. The summed E-state index contributed by atoms with van der Waals surface area (Å²) in [6, 6.07) is 4.84. The standard InChI is InChI=1S/C15H20ClFN2/c16-12-4-5-13(17)14(10-12)19-9-3-8-18-15(11-19)6-1-2-7-15/h4-5,10,18H,1-3,6-9,11H2. The van der Waals surface area contributed by atoms with Crippen LogP contribution in [-0.2, 0) is 0 Å². The van der Waals surface area contributed by atoms with Gasteiger partial charge in [0.25, 0.3) is 0 Å². The highest BCUT2D eigenvalue weighted by Crippen LogP contribution is 2.34. The monoisotopic (exact) mass is 282 g/mol. The van der Waals surface area contributed by atoms with Crippen molar-refractivity contribution >= 4 is 17.3 Å². The minimum atomic E-state index is -0.167. The minimum absolute atomic E-state index is 0.167. The van der Waals surface area contributed by atoms with Crippen LogP contribution in [0.4, 0.5) is 10.1 Å². The summed E-state index contributed by atoms with van der Waals surface area (Å²) >= 11 is 6.02. The maximum absolute atomic E-state index is 14.0. The van der Waals surface area contributed by atoms with Crippen LogP contribution in [0, 0.1) is 5.82 Å². The Morgan fingerprint density at radius 2 is 2.00 bits per heavy atom. The van der Waals surface area contributed by atoms with Crippen LogP contribution in [0.15, 0.2) is 18.2 Å². The lowest BCUT2D eigenvalue weighted by molar-refractivity contribution is 0.354. The van der Waals surface area contributed by atoms with Gasteiger partial charge in [0.15, 0.2) is 0 Å². The molecular formula is C15H20ClFN2. The van der Waals surface area contributed by atoms with Crippen LogP contribution < -0.4 is 10.2 Å². The number of benzene rings is 1. The van der Waals surface area contributed by atoms with Gasteiger partial charge in [-0.15, -0.1) is 0 Å². The van der Waals surface area contributed by atoms with E-state index in [9.17, 15) is 4.39 Å². The Labute approximate surface area is 118 Å². The highest BCUT2D eigenvalue weighted by Gasteiger charge is 2.36. The topological polar surface area (TPSA) is 15.3 Å². The first-order valence-electron chi connectivity index (χ1n) is 7.14. The highest BCUT2D eigenvalue weighted by molar-refractivity contribution is 6.30. The summed E-state index contributed by atoms with van der Waals surface area (Å²) in [6.07, 6.45) is 6.00. The Morgan fingerprint density at radius 1 is 1.21 bits per heavy atom. The Hall–Kier alpha value is -0.800. The molecule has 1 aliphatic heterocycles. The van der Waals surface area contributed by atoms with Crippen LogP contribution in [-0.4, -0.2) is 25.2 Å². The summed E-state index contributed by atoms with van der Waals surface area (Å²) < 4.78 is 14.0. The van der Waals surface area contributed by atoms with Crippen molar-refractivity contribution in [1.82, 2.24) is 5.32 Å². The summed E-state index contributed by atoms with van der Waals surface area (Å²) in [4.78, 5) is 2.17. The van der Waals surface area contributed by atoms with E-state index in [1.807, 2.05) is 0 Å². The Kier molecular flexibility index (Phi) is 3.68. The van der Waals surface area contributed by atoms with E-state index < -0.39 is 0 Å². The van der Waals surface area contributed by atoms with Crippen molar-refractivity contribution in [3.8, 4) is 0 Å². The summed E-state index contributed by atoms with van der Waals surface area (Å²) in [5.41, 5.74) is 0.841. The zero-order valence-corrected chi connectivity index (χ0v) is 11.8. The molecule has 1 N–H and O–H groups in total. The molecule has 0 atom stereocenters. The molecule has 4 heteroatoms. The van der Waals surface area contributed by atoms with E-state index in [0.29, 0.717) is 10.7 Å². The van der Waals surface area contributed by atoms with Crippen molar-refractivity contribution in [3.63, 3.8) is 0 Å². The average molecular weight is 283 g/mol. The molecule has 1 saturated heterocycles. The molecule has 2 aliphatic rings. The summed E-state index contributed by atoms with van der Waals surface area (Å²) in [6.45, 7) is 2.81. The van der Waals surface area contributed by atoms with Gasteiger partial charge >= 0.3 is 0 Å². The first-order valence-corrected chi connectivity index (χ1v) is 7.51. The first kappa shape index (κ1) is 13.2. The van der Waals surface area contributed by atoms with E-state index in [0.717, 1.165) is 26.1 Å². The molecule has 19 heavy (non-hydrogen) atoms. The molecule has 3 rings (SSSR count). The molecule has 0 aromatic heterocycles. The molecule has 0 radical (unpaired) electrons. The Morgan fingerprint density at radius 3 is 2.79 bits per heavy atom. The number of anilines is 1. The molecule has 104 valence electrons. The van der Waals surface area contributed by atoms with Crippen LogP contribution in [0.2, 0.25) is 5.02 Å². The number of nitrogens with one attached hydrogen (secondary N) is 1. The van der Waals surface area contributed by atoms with E-state index >= 15 is 0 Å². The van der Waals surface area contributed by atoms with Gasteiger partial charge in [0.05, 0.1) is 5.69 Å². The van der Waals surface area contributed by atoms with Crippen molar-refractivity contribution in [2.24, 2.45) is 0 Å².